The monoisotopic (exact) mass is 274 g/mol. The molecule has 104 valence electrons. The molecule has 0 aromatic heterocycles. The fraction of sp³-hybridized carbons (Fsp3) is 0.200. The third-order valence-electron chi connectivity index (χ3n) is 2.96. The van der Waals surface area contributed by atoms with Crippen LogP contribution in [-0.2, 0) is 0 Å². The first kappa shape index (κ1) is 14.0. The van der Waals surface area contributed by atoms with Crippen LogP contribution in [0.2, 0.25) is 0 Å². The standard InChI is InChI=1S/C15H15FN2O2/c1-10(2)14-5-3-4-6-15(14)17-12-7-11(16)8-13(9-12)18(19)20/h3-10,17H,1-2H3. The van der Waals surface area contributed by atoms with Crippen LogP contribution < -0.4 is 5.32 Å². The van der Waals surface area contributed by atoms with Gasteiger partial charge < -0.3 is 5.32 Å². The largest absolute Gasteiger partial charge is 0.355 e. The number of non-ortho nitro benzene ring substituents is 1. The van der Waals surface area contributed by atoms with Crippen LogP contribution in [0.4, 0.5) is 21.5 Å². The molecule has 0 unspecified atom stereocenters. The van der Waals surface area contributed by atoms with Crippen LogP contribution in [0.5, 0.6) is 0 Å². The van der Waals surface area contributed by atoms with Crippen molar-refractivity contribution < 1.29 is 9.31 Å². The molecule has 0 amide bonds. The first-order valence-corrected chi connectivity index (χ1v) is 6.28. The van der Waals surface area contributed by atoms with E-state index in [2.05, 4.69) is 19.2 Å². The van der Waals surface area contributed by atoms with Gasteiger partial charge in [-0.2, -0.15) is 0 Å². The number of rotatable bonds is 4. The van der Waals surface area contributed by atoms with E-state index in [0.717, 1.165) is 17.3 Å². The summed E-state index contributed by atoms with van der Waals surface area (Å²) < 4.78 is 13.4. The van der Waals surface area contributed by atoms with Gasteiger partial charge in [-0.05, 0) is 23.6 Å². The highest BCUT2D eigenvalue weighted by Crippen LogP contribution is 2.28. The third kappa shape index (κ3) is 3.12. The summed E-state index contributed by atoms with van der Waals surface area (Å²) in [4.78, 5) is 10.1. The predicted octanol–water partition coefficient (Wildman–Crippen LogP) is 4.60. The van der Waals surface area contributed by atoms with Crippen molar-refractivity contribution in [1.29, 1.82) is 0 Å². The number of nitro benzene ring substituents is 1. The topological polar surface area (TPSA) is 55.2 Å². The Bertz CT molecular complexity index is 642. The van der Waals surface area contributed by atoms with Gasteiger partial charge in [-0.3, -0.25) is 10.1 Å². The molecule has 0 saturated heterocycles. The molecule has 0 bridgehead atoms. The van der Waals surface area contributed by atoms with Crippen LogP contribution in [0.3, 0.4) is 0 Å². The number of benzene rings is 2. The number of nitro groups is 1. The highest BCUT2D eigenvalue weighted by molar-refractivity contribution is 5.65. The van der Waals surface area contributed by atoms with Gasteiger partial charge in [0.15, 0.2) is 0 Å². The van der Waals surface area contributed by atoms with Crippen LogP contribution in [0.1, 0.15) is 25.3 Å². The van der Waals surface area contributed by atoms with Crippen molar-refractivity contribution in [1.82, 2.24) is 0 Å². The molecular formula is C15H15FN2O2. The lowest BCUT2D eigenvalue weighted by atomic mass is 10.0. The lowest BCUT2D eigenvalue weighted by Crippen LogP contribution is -1.99. The minimum atomic E-state index is -0.635. The van der Waals surface area contributed by atoms with Crippen LogP contribution in [-0.4, -0.2) is 4.92 Å². The van der Waals surface area contributed by atoms with Crippen LogP contribution in [0.25, 0.3) is 0 Å². The number of nitrogens with zero attached hydrogens (tertiary/aromatic N) is 1. The Hall–Kier alpha value is -2.43. The molecule has 0 spiro atoms. The molecule has 20 heavy (non-hydrogen) atoms. The first-order valence-electron chi connectivity index (χ1n) is 6.28. The Morgan fingerprint density at radius 2 is 1.90 bits per heavy atom. The van der Waals surface area contributed by atoms with Crippen molar-refractivity contribution in [2.75, 3.05) is 5.32 Å². The number of hydrogen-bond acceptors (Lipinski definition) is 3. The summed E-state index contributed by atoms with van der Waals surface area (Å²) in [5, 5.41) is 13.8. The summed E-state index contributed by atoms with van der Waals surface area (Å²) in [5.41, 5.74) is 1.99. The molecule has 5 heteroatoms. The molecule has 2 aromatic rings. The summed E-state index contributed by atoms with van der Waals surface area (Å²) in [6, 6.07) is 11.1. The van der Waals surface area contributed by atoms with E-state index in [1.165, 1.54) is 12.1 Å². The molecule has 0 radical (unpaired) electrons. The Kier molecular flexibility index (Phi) is 3.98. The molecule has 0 aliphatic rings. The Morgan fingerprint density at radius 1 is 1.20 bits per heavy atom. The van der Waals surface area contributed by atoms with Gasteiger partial charge in [-0.1, -0.05) is 32.0 Å². The molecule has 2 rings (SSSR count). The molecule has 0 aliphatic heterocycles. The lowest BCUT2D eigenvalue weighted by molar-refractivity contribution is -0.385. The number of para-hydroxylation sites is 1. The summed E-state index contributed by atoms with van der Waals surface area (Å²) >= 11 is 0. The molecule has 0 aliphatic carbocycles. The molecular weight excluding hydrogens is 259 g/mol. The summed E-state index contributed by atoms with van der Waals surface area (Å²) in [6.45, 7) is 4.10. The van der Waals surface area contributed by atoms with Gasteiger partial charge in [0.1, 0.15) is 5.82 Å². The Labute approximate surface area is 116 Å². The second-order valence-corrected chi connectivity index (χ2v) is 4.82. The normalized spacial score (nSPS) is 10.6. The van der Waals surface area contributed by atoms with Crippen LogP contribution >= 0.6 is 0 Å². The van der Waals surface area contributed by atoms with Crippen molar-refractivity contribution >= 4 is 17.1 Å². The average Bonchev–Trinajstić information content (AvgIpc) is 2.38. The predicted molar refractivity (Wildman–Crippen MR) is 76.9 cm³/mol. The Balaban J connectivity index is 2.37. The highest BCUT2D eigenvalue weighted by Gasteiger charge is 2.11. The fourth-order valence-electron chi connectivity index (χ4n) is 2.02. The SMILES string of the molecule is CC(C)c1ccccc1Nc1cc(F)cc([N+](=O)[O-])c1. The minimum Gasteiger partial charge on any atom is -0.355 e. The van der Waals surface area contributed by atoms with Crippen LogP contribution in [0, 0.1) is 15.9 Å². The maximum absolute atomic E-state index is 13.4. The number of halogens is 1. The van der Waals surface area contributed by atoms with Crippen molar-refractivity contribution in [3.8, 4) is 0 Å². The second-order valence-electron chi connectivity index (χ2n) is 4.82. The van der Waals surface area contributed by atoms with Crippen molar-refractivity contribution in [3.63, 3.8) is 0 Å². The lowest BCUT2D eigenvalue weighted by Gasteiger charge is -2.14. The Morgan fingerprint density at radius 3 is 2.55 bits per heavy atom. The molecule has 0 heterocycles. The van der Waals surface area contributed by atoms with Gasteiger partial charge in [0.2, 0.25) is 0 Å². The molecule has 4 nitrogen and oxygen atoms in total. The zero-order chi connectivity index (χ0) is 14.7. The summed E-state index contributed by atoms with van der Waals surface area (Å²) in [7, 11) is 0. The number of anilines is 2. The zero-order valence-corrected chi connectivity index (χ0v) is 11.3. The quantitative estimate of drug-likeness (QED) is 0.654. The van der Waals surface area contributed by atoms with Crippen molar-refractivity contribution in [2.45, 2.75) is 19.8 Å². The number of hydrogen-bond donors (Lipinski definition) is 1. The highest BCUT2D eigenvalue weighted by atomic mass is 19.1. The van der Waals surface area contributed by atoms with E-state index in [9.17, 15) is 14.5 Å². The van der Waals surface area contributed by atoms with Crippen LogP contribution in [0.15, 0.2) is 42.5 Å². The molecule has 0 atom stereocenters. The summed E-state index contributed by atoms with van der Waals surface area (Å²) in [5.74, 6) is -0.342. The van der Waals surface area contributed by atoms with Gasteiger partial charge in [-0.15, -0.1) is 0 Å². The van der Waals surface area contributed by atoms with E-state index in [-0.39, 0.29) is 5.69 Å². The van der Waals surface area contributed by atoms with Gasteiger partial charge in [0.05, 0.1) is 11.0 Å². The molecule has 0 fully saturated rings. The van der Waals surface area contributed by atoms with E-state index in [1.54, 1.807) is 0 Å². The van der Waals surface area contributed by atoms with Gasteiger partial charge >= 0.3 is 0 Å². The van der Waals surface area contributed by atoms with Gasteiger partial charge in [0, 0.05) is 17.4 Å². The van der Waals surface area contributed by atoms with Crippen molar-refractivity contribution in [2.24, 2.45) is 0 Å². The summed E-state index contributed by atoms with van der Waals surface area (Å²) in [6.07, 6.45) is 0. The van der Waals surface area contributed by atoms with E-state index in [1.807, 2.05) is 24.3 Å². The third-order valence-corrected chi connectivity index (χ3v) is 2.96. The van der Waals surface area contributed by atoms with Crippen molar-refractivity contribution in [3.05, 3.63) is 64.0 Å². The zero-order valence-electron chi connectivity index (χ0n) is 11.3. The minimum absolute atomic E-state index is 0.269. The average molecular weight is 274 g/mol. The van der Waals surface area contributed by atoms with E-state index in [4.69, 9.17) is 0 Å². The van der Waals surface area contributed by atoms with E-state index < -0.39 is 10.7 Å². The molecule has 1 N–H and O–H groups in total. The fourth-order valence-corrected chi connectivity index (χ4v) is 2.02. The maximum Gasteiger partial charge on any atom is 0.274 e. The van der Waals surface area contributed by atoms with Gasteiger partial charge in [-0.25, -0.2) is 4.39 Å². The second kappa shape index (κ2) is 5.69. The smallest absolute Gasteiger partial charge is 0.274 e. The van der Waals surface area contributed by atoms with E-state index >= 15 is 0 Å². The number of nitrogens with one attached hydrogen (secondary N) is 1. The van der Waals surface area contributed by atoms with E-state index in [0.29, 0.717) is 11.6 Å². The first-order chi connectivity index (χ1) is 9.47. The molecule has 2 aromatic carbocycles. The van der Waals surface area contributed by atoms with Gasteiger partial charge in [0.25, 0.3) is 5.69 Å². The molecule has 0 saturated carbocycles. The maximum atomic E-state index is 13.4.